The van der Waals surface area contributed by atoms with Gasteiger partial charge in [0, 0.05) is 12.6 Å². The minimum atomic E-state index is 0.493. The second kappa shape index (κ2) is 3.68. The van der Waals surface area contributed by atoms with Crippen LogP contribution >= 0.6 is 0 Å². The number of anilines is 1. The van der Waals surface area contributed by atoms with Crippen molar-refractivity contribution in [2.45, 2.75) is 39.2 Å². The van der Waals surface area contributed by atoms with Crippen molar-refractivity contribution in [3.8, 4) is 0 Å². The van der Waals surface area contributed by atoms with E-state index in [2.05, 4.69) is 38.7 Å². The van der Waals surface area contributed by atoms with Crippen LogP contribution in [0.5, 0.6) is 0 Å². The lowest BCUT2D eigenvalue weighted by Gasteiger charge is -2.07. The van der Waals surface area contributed by atoms with E-state index in [4.69, 9.17) is 0 Å². The average Bonchev–Trinajstić information content (AvgIpc) is 3.27. The first-order chi connectivity index (χ1) is 9.15. The molecular weight excluding hydrogens is 238 g/mol. The molecule has 2 heterocycles. The lowest BCUT2D eigenvalue weighted by molar-refractivity contribution is 0.573. The van der Waals surface area contributed by atoms with E-state index in [9.17, 15) is 0 Å². The lowest BCUT2D eigenvalue weighted by atomic mass is 10.1. The molecule has 2 aliphatic rings. The summed E-state index contributed by atoms with van der Waals surface area (Å²) in [6.07, 6.45) is 7.33. The van der Waals surface area contributed by atoms with Crippen LogP contribution in [0.1, 0.15) is 39.2 Å². The first-order valence-electron chi connectivity index (χ1n) is 7.06. The van der Waals surface area contributed by atoms with Crippen molar-refractivity contribution in [3.63, 3.8) is 0 Å². The van der Waals surface area contributed by atoms with Gasteiger partial charge in [-0.3, -0.25) is 0 Å². The van der Waals surface area contributed by atoms with Crippen molar-refractivity contribution in [3.05, 3.63) is 12.7 Å². The van der Waals surface area contributed by atoms with Crippen molar-refractivity contribution >= 4 is 17.0 Å². The maximum atomic E-state index is 4.49. The molecule has 0 radical (unpaired) electrons. The van der Waals surface area contributed by atoms with Gasteiger partial charge < -0.3 is 9.88 Å². The monoisotopic (exact) mass is 257 g/mol. The van der Waals surface area contributed by atoms with Crippen molar-refractivity contribution in [1.29, 1.82) is 0 Å². The predicted octanol–water partition coefficient (Wildman–Crippen LogP) is 2.62. The number of nitrogens with one attached hydrogen (secondary N) is 1. The summed E-state index contributed by atoms with van der Waals surface area (Å²) in [5, 5.41) is 3.45. The zero-order valence-corrected chi connectivity index (χ0v) is 11.4. The molecule has 4 rings (SSSR count). The molecule has 100 valence electrons. The van der Waals surface area contributed by atoms with Gasteiger partial charge in [0.15, 0.2) is 11.5 Å². The Labute approximate surface area is 112 Å². The van der Waals surface area contributed by atoms with E-state index in [1.165, 1.54) is 19.3 Å². The smallest absolute Gasteiger partial charge is 0.165 e. The molecule has 0 bridgehead atoms. The van der Waals surface area contributed by atoms with Crippen LogP contribution in [0.4, 0.5) is 5.82 Å². The summed E-state index contributed by atoms with van der Waals surface area (Å²) in [6, 6.07) is 0.607. The van der Waals surface area contributed by atoms with Crippen LogP contribution in [-0.2, 0) is 0 Å². The maximum absolute atomic E-state index is 4.49. The van der Waals surface area contributed by atoms with E-state index in [1.807, 2.05) is 6.33 Å². The highest BCUT2D eigenvalue weighted by Gasteiger charge is 2.45. The van der Waals surface area contributed by atoms with Crippen molar-refractivity contribution in [2.24, 2.45) is 11.3 Å². The topological polar surface area (TPSA) is 55.6 Å². The van der Waals surface area contributed by atoms with Gasteiger partial charge in [-0.2, -0.15) is 0 Å². The van der Waals surface area contributed by atoms with Gasteiger partial charge in [0.1, 0.15) is 11.8 Å². The van der Waals surface area contributed by atoms with Crippen LogP contribution in [0.15, 0.2) is 12.7 Å². The Balaban J connectivity index is 1.59. The molecule has 1 atom stereocenters. The summed E-state index contributed by atoms with van der Waals surface area (Å²) in [5.41, 5.74) is 2.37. The minimum Gasteiger partial charge on any atom is -0.368 e. The van der Waals surface area contributed by atoms with E-state index in [-0.39, 0.29) is 0 Å². The maximum Gasteiger partial charge on any atom is 0.165 e. The van der Waals surface area contributed by atoms with Crippen LogP contribution < -0.4 is 5.32 Å². The molecule has 2 aromatic rings. The molecule has 2 aliphatic carbocycles. The molecule has 0 aliphatic heterocycles. The molecule has 5 heteroatoms. The van der Waals surface area contributed by atoms with Gasteiger partial charge in [0.2, 0.25) is 0 Å². The summed E-state index contributed by atoms with van der Waals surface area (Å²) >= 11 is 0. The summed E-state index contributed by atoms with van der Waals surface area (Å²) in [7, 11) is 0. The molecule has 0 saturated heterocycles. The molecule has 19 heavy (non-hydrogen) atoms. The molecule has 2 fully saturated rings. The van der Waals surface area contributed by atoms with Gasteiger partial charge in [-0.25, -0.2) is 15.0 Å². The molecule has 1 unspecified atom stereocenters. The fourth-order valence-corrected chi connectivity index (χ4v) is 2.75. The average molecular weight is 257 g/mol. The van der Waals surface area contributed by atoms with E-state index < -0.39 is 0 Å². The van der Waals surface area contributed by atoms with Gasteiger partial charge in [-0.15, -0.1) is 0 Å². The highest BCUT2D eigenvalue weighted by atomic mass is 15.2. The zero-order valence-electron chi connectivity index (χ0n) is 11.4. The number of imidazole rings is 1. The molecule has 0 amide bonds. The molecule has 0 aromatic carbocycles. The Morgan fingerprint density at radius 2 is 2.11 bits per heavy atom. The molecule has 1 N–H and O–H groups in total. The third-order valence-electron chi connectivity index (χ3n) is 4.53. The van der Waals surface area contributed by atoms with Crippen molar-refractivity contribution in [2.75, 3.05) is 11.9 Å². The van der Waals surface area contributed by atoms with Gasteiger partial charge in [-0.1, -0.05) is 13.8 Å². The number of hydrogen-bond donors (Lipinski definition) is 1. The number of hydrogen-bond acceptors (Lipinski definition) is 4. The quantitative estimate of drug-likeness (QED) is 0.914. The Morgan fingerprint density at radius 1 is 1.32 bits per heavy atom. The first-order valence-corrected chi connectivity index (χ1v) is 7.06. The van der Waals surface area contributed by atoms with Gasteiger partial charge in [-0.05, 0) is 30.6 Å². The Morgan fingerprint density at radius 3 is 2.79 bits per heavy atom. The molecule has 2 saturated carbocycles. The second-order valence-electron chi connectivity index (χ2n) is 6.55. The van der Waals surface area contributed by atoms with Crippen LogP contribution in [0.25, 0.3) is 11.2 Å². The summed E-state index contributed by atoms with van der Waals surface area (Å²) < 4.78 is 2.18. The summed E-state index contributed by atoms with van der Waals surface area (Å²) in [5.74, 6) is 1.63. The van der Waals surface area contributed by atoms with Crippen LogP contribution in [0, 0.1) is 11.3 Å². The normalized spacial score (nSPS) is 24.6. The number of nitrogens with zero attached hydrogens (tertiary/aromatic N) is 4. The van der Waals surface area contributed by atoms with E-state index in [1.54, 1.807) is 6.33 Å². The number of fused-ring (bicyclic) bond motifs is 1. The molecule has 2 aromatic heterocycles. The third-order valence-corrected chi connectivity index (χ3v) is 4.53. The SMILES string of the molecule is CC1(C)CC1CNc1ncnc2c1ncn2C1CC1. The van der Waals surface area contributed by atoms with Gasteiger partial charge in [0.25, 0.3) is 0 Å². The molecule has 0 spiro atoms. The fourth-order valence-electron chi connectivity index (χ4n) is 2.75. The third kappa shape index (κ3) is 1.88. The predicted molar refractivity (Wildman–Crippen MR) is 74.0 cm³/mol. The minimum absolute atomic E-state index is 0.493. The number of aromatic nitrogens is 4. The van der Waals surface area contributed by atoms with Crippen molar-refractivity contribution < 1.29 is 0 Å². The molecular formula is C14H19N5. The van der Waals surface area contributed by atoms with E-state index in [0.717, 1.165) is 29.4 Å². The van der Waals surface area contributed by atoms with Crippen LogP contribution in [0.2, 0.25) is 0 Å². The summed E-state index contributed by atoms with van der Waals surface area (Å²) in [4.78, 5) is 13.2. The summed E-state index contributed by atoms with van der Waals surface area (Å²) in [6.45, 7) is 5.61. The van der Waals surface area contributed by atoms with Crippen molar-refractivity contribution in [1.82, 2.24) is 19.5 Å². The Kier molecular flexibility index (Phi) is 2.17. The standard InChI is InChI=1S/C14H19N5/c1-14(2)5-9(14)6-15-12-11-13(17-7-16-12)19(8-18-11)10-3-4-10/h7-10H,3-6H2,1-2H3,(H,15,16,17). The first kappa shape index (κ1) is 11.2. The van der Waals surface area contributed by atoms with Gasteiger partial charge in [0.05, 0.1) is 6.33 Å². The van der Waals surface area contributed by atoms with E-state index in [0.29, 0.717) is 11.5 Å². The fraction of sp³-hybridized carbons (Fsp3) is 0.643. The lowest BCUT2D eigenvalue weighted by Crippen LogP contribution is -2.09. The Hall–Kier alpha value is -1.65. The highest BCUT2D eigenvalue weighted by molar-refractivity contribution is 5.82. The van der Waals surface area contributed by atoms with E-state index >= 15 is 0 Å². The van der Waals surface area contributed by atoms with Gasteiger partial charge >= 0.3 is 0 Å². The molecule has 5 nitrogen and oxygen atoms in total. The largest absolute Gasteiger partial charge is 0.368 e. The van der Waals surface area contributed by atoms with Crippen LogP contribution in [0.3, 0.4) is 0 Å². The highest BCUT2D eigenvalue weighted by Crippen LogP contribution is 2.51. The number of rotatable bonds is 4. The Bertz CT molecular complexity index is 626. The second-order valence-corrected chi connectivity index (χ2v) is 6.55. The van der Waals surface area contributed by atoms with Crippen LogP contribution in [-0.4, -0.2) is 26.1 Å². The zero-order chi connectivity index (χ0) is 13.0.